The number of benzene rings is 1. The molecule has 1 rings (SSSR count). The molecule has 66 valence electrons. The SMILES string of the molecule is CC[N-]Cc1ccc(Cl)c(Cl)c1.[Li+]. The molecule has 0 amide bonds. The topological polar surface area (TPSA) is 14.1 Å². The summed E-state index contributed by atoms with van der Waals surface area (Å²) < 4.78 is 0. The fourth-order valence-electron chi connectivity index (χ4n) is 0.879. The minimum atomic E-state index is 0. The maximum Gasteiger partial charge on any atom is 1.00 e. The normalized spacial score (nSPS) is 9.46. The van der Waals surface area contributed by atoms with Gasteiger partial charge in [0.1, 0.15) is 0 Å². The van der Waals surface area contributed by atoms with E-state index in [2.05, 4.69) is 5.32 Å². The van der Waals surface area contributed by atoms with Gasteiger partial charge in [0, 0.05) is 0 Å². The zero-order valence-corrected chi connectivity index (χ0v) is 9.36. The fourth-order valence-corrected chi connectivity index (χ4v) is 1.20. The van der Waals surface area contributed by atoms with Gasteiger partial charge >= 0.3 is 18.9 Å². The van der Waals surface area contributed by atoms with Gasteiger partial charge in [0.25, 0.3) is 0 Å². The van der Waals surface area contributed by atoms with E-state index in [4.69, 9.17) is 23.2 Å². The summed E-state index contributed by atoms with van der Waals surface area (Å²) in [5, 5.41) is 5.40. The van der Waals surface area contributed by atoms with Crippen molar-refractivity contribution in [1.82, 2.24) is 0 Å². The van der Waals surface area contributed by atoms with Crippen LogP contribution in [-0.2, 0) is 6.54 Å². The van der Waals surface area contributed by atoms with Gasteiger partial charge in [-0.15, -0.1) is 6.54 Å². The number of halogens is 2. The number of hydrogen-bond acceptors (Lipinski definition) is 0. The Labute approximate surface area is 101 Å². The Balaban J connectivity index is 0.00000144. The number of rotatable bonds is 3. The molecule has 0 aromatic heterocycles. The predicted octanol–water partition coefficient (Wildman–Crippen LogP) is 0.891. The fraction of sp³-hybridized carbons (Fsp3) is 0.333. The smallest absolute Gasteiger partial charge is 0.659 e. The van der Waals surface area contributed by atoms with Gasteiger partial charge in [0.2, 0.25) is 0 Å². The van der Waals surface area contributed by atoms with Crippen LogP contribution < -0.4 is 18.9 Å². The first-order chi connectivity index (χ1) is 5.74. The third kappa shape index (κ3) is 4.40. The van der Waals surface area contributed by atoms with Crippen LogP contribution >= 0.6 is 23.2 Å². The largest absolute Gasteiger partial charge is 1.00 e. The van der Waals surface area contributed by atoms with Crippen molar-refractivity contribution in [2.45, 2.75) is 13.5 Å². The summed E-state index contributed by atoms with van der Waals surface area (Å²) in [6.07, 6.45) is 0. The maximum atomic E-state index is 5.82. The Bertz CT molecular complexity index is 266. The molecule has 13 heavy (non-hydrogen) atoms. The molecule has 0 aliphatic carbocycles. The molecule has 0 radical (unpaired) electrons. The molecular formula is C9H10Cl2LiN. The molecule has 0 saturated carbocycles. The average Bonchev–Trinajstić information content (AvgIpc) is 2.07. The summed E-state index contributed by atoms with van der Waals surface area (Å²) in [6, 6.07) is 5.58. The summed E-state index contributed by atoms with van der Waals surface area (Å²) in [5.41, 5.74) is 1.10. The van der Waals surface area contributed by atoms with Crippen LogP contribution in [0.5, 0.6) is 0 Å². The second kappa shape index (κ2) is 6.76. The van der Waals surface area contributed by atoms with E-state index < -0.39 is 0 Å². The Morgan fingerprint density at radius 3 is 2.46 bits per heavy atom. The Morgan fingerprint density at radius 1 is 1.23 bits per heavy atom. The molecule has 0 N–H and O–H groups in total. The van der Waals surface area contributed by atoms with E-state index in [0.29, 0.717) is 16.6 Å². The van der Waals surface area contributed by atoms with Crippen molar-refractivity contribution >= 4 is 23.2 Å². The summed E-state index contributed by atoms with van der Waals surface area (Å²) in [4.78, 5) is 0. The van der Waals surface area contributed by atoms with Gasteiger partial charge in [0.15, 0.2) is 0 Å². The molecule has 1 nitrogen and oxygen atoms in total. The van der Waals surface area contributed by atoms with Crippen LogP contribution in [0.3, 0.4) is 0 Å². The molecule has 0 aliphatic rings. The van der Waals surface area contributed by atoms with Crippen molar-refractivity contribution in [2.24, 2.45) is 0 Å². The molecule has 0 saturated heterocycles. The molecule has 0 unspecified atom stereocenters. The van der Waals surface area contributed by atoms with Crippen LogP contribution in [0.25, 0.3) is 5.32 Å². The van der Waals surface area contributed by atoms with E-state index in [1.807, 2.05) is 19.1 Å². The van der Waals surface area contributed by atoms with E-state index in [1.165, 1.54) is 0 Å². The van der Waals surface area contributed by atoms with Crippen LogP contribution in [0.4, 0.5) is 0 Å². The molecule has 0 spiro atoms. The van der Waals surface area contributed by atoms with Crippen molar-refractivity contribution in [2.75, 3.05) is 6.54 Å². The van der Waals surface area contributed by atoms with E-state index >= 15 is 0 Å². The Hall–Kier alpha value is 0.357. The summed E-state index contributed by atoms with van der Waals surface area (Å²) in [5.74, 6) is 0. The molecule has 4 heteroatoms. The molecule has 0 fully saturated rings. The van der Waals surface area contributed by atoms with Crippen molar-refractivity contribution in [3.8, 4) is 0 Å². The minimum absolute atomic E-state index is 0. The first-order valence-electron chi connectivity index (χ1n) is 3.81. The number of nitrogens with zero attached hydrogens (tertiary/aromatic N) is 1. The average molecular weight is 210 g/mol. The first-order valence-corrected chi connectivity index (χ1v) is 4.57. The van der Waals surface area contributed by atoms with E-state index in [1.54, 1.807) is 6.07 Å². The molecule has 0 atom stereocenters. The minimum Gasteiger partial charge on any atom is -0.659 e. The second-order valence-electron chi connectivity index (χ2n) is 2.45. The standard InChI is InChI=1S/C9H10Cl2N.Li/c1-2-12-6-7-3-4-8(10)9(11)5-7;/h3-5H,2,6H2,1H3;/q-1;+1. The molecule has 0 heterocycles. The summed E-state index contributed by atoms with van der Waals surface area (Å²) in [6.45, 7) is 3.56. The van der Waals surface area contributed by atoms with Crippen molar-refractivity contribution < 1.29 is 18.9 Å². The van der Waals surface area contributed by atoms with E-state index in [9.17, 15) is 0 Å². The number of hydrogen-bond donors (Lipinski definition) is 0. The van der Waals surface area contributed by atoms with Crippen LogP contribution in [0.2, 0.25) is 10.0 Å². The van der Waals surface area contributed by atoms with Crippen LogP contribution in [0.15, 0.2) is 18.2 Å². The molecule has 0 bridgehead atoms. The zero-order chi connectivity index (χ0) is 8.97. The molecule has 0 aliphatic heterocycles. The van der Waals surface area contributed by atoms with Gasteiger partial charge < -0.3 is 5.32 Å². The third-order valence-corrected chi connectivity index (χ3v) is 2.24. The van der Waals surface area contributed by atoms with Crippen LogP contribution in [0.1, 0.15) is 12.5 Å². The third-order valence-electron chi connectivity index (χ3n) is 1.50. The Kier molecular flexibility index (Phi) is 6.94. The first kappa shape index (κ1) is 13.4. The van der Waals surface area contributed by atoms with E-state index in [0.717, 1.165) is 12.1 Å². The van der Waals surface area contributed by atoms with E-state index in [-0.39, 0.29) is 18.9 Å². The van der Waals surface area contributed by atoms with Gasteiger partial charge in [-0.2, -0.15) is 6.54 Å². The van der Waals surface area contributed by atoms with Gasteiger partial charge in [-0.25, -0.2) is 0 Å². The van der Waals surface area contributed by atoms with Crippen LogP contribution in [-0.4, -0.2) is 6.54 Å². The summed E-state index contributed by atoms with van der Waals surface area (Å²) in [7, 11) is 0. The Morgan fingerprint density at radius 2 is 1.92 bits per heavy atom. The second-order valence-corrected chi connectivity index (χ2v) is 3.26. The zero-order valence-electron chi connectivity index (χ0n) is 7.85. The molecular weight excluding hydrogens is 200 g/mol. The van der Waals surface area contributed by atoms with Gasteiger partial charge in [-0.05, 0) is 12.1 Å². The maximum absolute atomic E-state index is 5.82. The predicted molar refractivity (Wildman–Crippen MR) is 54.1 cm³/mol. The quantitative estimate of drug-likeness (QED) is 0.658. The van der Waals surface area contributed by atoms with Gasteiger partial charge in [-0.1, -0.05) is 41.8 Å². The van der Waals surface area contributed by atoms with Gasteiger partial charge in [-0.3, -0.25) is 0 Å². The summed E-state index contributed by atoms with van der Waals surface area (Å²) >= 11 is 11.6. The van der Waals surface area contributed by atoms with Crippen molar-refractivity contribution in [1.29, 1.82) is 0 Å². The molecule has 1 aromatic carbocycles. The van der Waals surface area contributed by atoms with Crippen molar-refractivity contribution in [3.05, 3.63) is 39.1 Å². The van der Waals surface area contributed by atoms with Gasteiger partial charge in [0.05, 0.1) is 10.0 Å². The monoisotopic (exact) mass is 209 g/mol. The van der Waals surface area contributed by atoms with Crippen molar-refractivity contribution in [3.63, 3.8) is 0 Å². The van der Waals surface area contributed by atoms with Crippen LogP contribution in [0, 0.1) is 0 Å². The molecule has 1 aromatic rings.